The van der Waals surface area contributed by atoms with Gasteiger partial charge in [-0.05, 0) is 64.8 Å². The number of imidazole rings is 2. The second kappa shape index (κ2) is 17.3. The number of hydrogen-bond donors (Lipinski definition) is 0. The summed E-state index contributed by atoms with van der Waals surface area (Å²) in [7, 11) is 0. The minimum Gasteiger partial charge on any atom is -0.511 e. The summed E-state index contributed by atoms with van der Waals surface area (Å²) in [5.74, 6) is 2.05. The van der Waals surface area contributed by atoms with Gasteiger partial charge in [0.2, 0.25) is 12.7 Å². The third-order valence-electron chi connectivity index (χ3n) is 10.3. The summed E-state index contributed by atoms with van der Waals surface area (Å²) in [6.45, 7) is 26.2. The topological polar surface area (TPSA) is 61.9 Å². The molecule has 0 radical (unpaired) electrons. The molecule has 0 amide bonds. The van der Waals surface area contributed by atoms with E-state index in [4.69, 9.17) is 9.47 Å². The molecule has 0 bridgehead atoms. The van der Waals surface area contributed by atoms with Crippen LogP contribution in [0.4, 0.5) is 0 Å². The average Bonchev–Trinajstić information content (AvgIpc) is 3.78. The zero-order valence-corrected chi connectivity index (χ0v) is 41.9. The van der Waals surface area contributed by atoms with E-state index < -0.39 is 0 Å². The van der Waals surface area contributed by atoms with E-state index in [1.54, 1.807) is 24.5 Å². The van der Waals surface area contributed by atoms with Crippen LogP contribution >= 0.6 is 0 Å². The van der Waals surface area contributed by atoms with E-state index in [2.05, 4.69) is 197 Å². The zero-order chi connectivity index (χ0) is 42.8. The van der Waals surface area contributed by atoms with Crippen LogP contribution in [0, 0.1) is 36.9 Å². The van der Waals surface area contributed by atoms with Crippen molar-refractivity contribution in [2.24, 2.45) is 0 Å². The monoisotopic (exact) mass is 1180 g/mol. The van der Waals surface area contributed by atoms with Gasteiger partial charge >= 0.3 is 0 Å². The number of benzene rings is 4. The quantitative estimate of drug-likeness (QED) is 0.118. The second-order valence-electron chi connectivity index (χ2n) is 19.4. The van der Waals surface area contributed by atoms with Crippen LogP contribution in [0.25, 0.3) is 44.8 Å². The molecule has 0 aliphatic heterocycles. The van der Waals surface area contributed by atoms with Gasteiger partial charge in [-0.1, -0.05) is 101 Å². The van der Waals surface area contributed by atoms with E-state index in [0.717, 1.165) is 44.6 Å². The Hall–Kier alpha value is -4.90. The molecule has 0 fully saturated rings. The van der Waals surface area contributed by atoms with Gasteiger partial charge in [-0.25, -0.2) is 0 Å². The average molecular weight is 1180 g/mol. The van der Waals surface area contributed by atoms with Crippen molar-refractivity contribution in [3.63, 3.8) is 0 Å². The number of para-hydroxylation sites is 4. The molecule has 8 nitrogen and oxygen atoms in total. The maximum atomic E-state index is 6.53. The smallest absolute Gasteiger partial charge is 0.243 e. The molecule has 0 aliphatic rings. The van der Waals surface area contributed by atoms with Crippen LogP contribution in [0.2, 0.25) is 0 Å². The second-order valence-corrected chi connectivity index (χ2v) is 19.4. The van der Waals surface area contributed by atoms with Crippen LogP contribution in [0.1, 0.15) is 94.2 Å². The van der Waals surface area contributed by atoms with E-state index in [1.165, 1.54) is 0 Å². The maximum Gasteiger partial charge on any atom is 0.243 e. The standard InChI is InChI=1S/C52H52N6O2.2Pt/c1-49(2,3)35-25-37(55-33-57(51(7,8)9)47-19-15-13-17-45(47)55)29-41(27-35)59-39-21-23-53-43(31-39)44-32-40(22-24-54-44)60-42-28-36(50(4,5)6)26-38(30-42)56-34-58(52(10,11)12)48-20-16-14-18-46(48)56;;/h13-28H,1-12H3;;/q-4;;. The fourth-order valence-corrected chi connectivity index (χ4v) is 7.10. The number of fused-ring (bicyclic) bond motifs is 2. The Balaban J connectivity index is 0.00000321. The number of rotatable bonds is 7. The first-order chi connectivity index (χ1) is 28.2. The molecular formula is C52H52N6O2Pt2-4. The van der Waals surface area contributed by atoms with Crippen molar-refractivity contribution >= 4 is 22.1 Å². The van der Waals surface area contributed by atoms with Crippen LogP contribution in [0.15, 0.2) is 97.3 Å². The van der Waals surface area contributed by atoms with Gasteiger partial charge < -0.3 is 37.7 Å². The minimum atomic E-state index is -0.175. The molecule has 0 unspecified atom stereocenters. The van der Waals surface area contributed by atoms with E-state index >= 15 is 0 Å². The van der Waals surface area contributed by atoms with Crippen molar-refractivity contribution in [2.45, 2.75) is 105 Å². The Labute approximate surface area is 395 Å². The number of nitrogens with zero attached hydrogens (tertiary/aromatic N) is 6. The SMILES string of the molecule is CC(C)(C)c1cc(Oc2[c-]c(-c3[c-]c(Oc4[c-]c(-[n+]5[c-]n(C(C)(C)C)c6ccccc65)cc(C(C)(C)C)c4)ccn3)ncc2)[c-]c(-[n+]2[c-]n(C(C)(C)C)c3ccccc32)c1.[Pt].[Pt]. The van der Waals surface area contributed by atoms with Crippen molar-refractivity contribution in [1.29, 1.82) is 0 Å². The zero-order valence-electron chi connectivity index (χ0n) is 37.4. The number of ether oxygens (including phenoxy) is 2. The molecular weight excluding hydrogens is 1130 g/mol. The summed E-state index contributed by atoms with van der Waals surface area (Å²) in [6.07, 6.45) is 10.6. The van der Waals surface area contributed by atoms with E-state index in [-0.39, 0.29) is 64.0 Å². The first-order valence-electron chi connectivity index (χ1n) is 20.4. The third-order valence-corrected chi connectivity index (χ3v) is 10.3. The molecule has 0 N–H and O–H groups in total. The Kier molecular flexibility index (Phi) is 13.0. The Bertz CT molecular complexity index is 2690. The van der Waals surface area contributed by atoms with Crippen LogP contribution in [0.5, 0.6) is 23.0 Å². The molecule has 0 atom stereocenters. The maximum absolute atomic E-state index is 6.53. The number of hydrogen-bond acceptors (Lipinski definition) is 4. The Morgan fingerprint density at radius 1 is 0.468 bits per heavy atom. The van der Waals surface area contributed by atoms with Gasteiger partial charge in [-0.15, -0.1) is 47.8 Å². The molecule has 62 heavy (non-hydrogen) atoms. The van der Waals surface area contributed by atoms with Gasteiger partial charge in [-0.2, -0.15) is 35.4 Å². The molecule has 8 rings (SSSR count). The van der Waals surface area contributed by atoms with Gasteiger partial charge in [0.15, 0.2) is 0 Å². The molecule has 0 saturated carbocycles. The molecule has 10 heteroatoms. The minimum absolute atomic E-state index is 0. The first kappa shape index (κ1) is 46.6. The van der Waals surface area contributed by atoms with Crippen molar-refractivity contribution in [1.82, 2.24) is 19.1 Å². The third kappa shape index (κ3) is 9.67. The predicted molar refractivity (Wildman–Crippen MR) is 235 cm³/mol. The first-order valence-corrected chi connectivity index (χ1v) is 20.4. The summed E-state index contributed by atoms with van der Waals surface area (Å²) in [5.41, 5.74) is 8.36. The fourth-order valence-electron chi connectivity index (χ4n) is 7.10. The summed E-state index contributed by atoms with van der Waals surface area (Å²) in [5, 5.41) is 0. The molecule has 8 aromatic rings. The van der Waals surface area contributed by atoms with E-state index in [0.29, 0.717) is 34.4 Å². The van der Waals surface area contributed by atoms with Crippen LogP contribution < -0.4 is 18.6 Å². The van der Waals surface area contributed by atoms with Crippen molar-refractivity contribution in [3.05, 3.63) is 145 Å². The molecule has 4 aromatic heterocycles. The Morgan fingerprint density at radius 2 is 0.839 bits per heavy atom. The predicted octanol–water partition coefficient (Wildman–Crippen LogP) is 11.1. The van der Waals surface area contributed by atoms with E-state index in [9.17, 15) is 0 Å². The summed E-state index contributed by atoms with van der Waals surface area (Å²) in [6, 6.07) is 42.3. The molecule has 4 heterocycles. The fraction of sp³-hybridized carbons (Fsp3) is 0.308. The summed E-state index contributed by atoms with van der Waals surface area (Å²) in [4.78, 5) is 9.22. The summed E-state index contributed by atoms with van der Waals surface area (Å²) >= 11 is 0. The van der Waals surface area contributed by atoms with Crippen molar-refractivity contribution < 1.29 is 60.7 Å². The van der Waals surface area contributed by atoms with Gasteiger partial charge in [-0.3, -0.25) is 0 Å². The molecule has 4 aromatic carbocycles. The Morgan fingerprint density at radius 3 is 1.19 bits per heavy atom. The summed E-state index contributed by atoms with van der Waals surface area (Å²) < 4.78 is 21.5. The van der Waals surface area contributed by atoms with Crippen molar-refractivity contribution in [3.8, 4) is 45.8 Å². The van der Waals surface area contributed by atoms with Crippen LogP contribution in [-0.4, -0.2) is 19.1 Å². The van der Waals surface area contributed by atoms with Gasteiger partial charge in [0, 0.05) is 65.1 Å². The van der Waals surface area contributed by atoms with E-state index in [1.807, 2.05) is 24.3 Å². The number of aromatic nitrogens is 6. The molecule has 326 valence electrons. The molecule has 0 saturated heterocycles. The largest absolute Gasteiger partial charge is 0.511 e. The normalized spacial score (nSPS) is 12.3. The molecule has 0 aliphatic carbocycles. The van der Waals surface area contributed by atoms with Gasteiger partial charge in [0.25, 0.3) is 0 Å². The van der Waals surface area contributed by atoms with Gasteiger partial charge in [0.1, 0.15) is 0 Å². The van der Waals surface area contributed by atoms with Crippen molar-refractivity contribution in [2.75, 3.05) is 0 Å². The van der Waals surface area contributed by atoms with Crippen LogP contribution in [0.3, 0.4) is 0 Å². The van der Waals surface area contributed by atoms with Gasteiger partial charge in [0.05, 0.1) is 33.1 Å². The molecule has 0 spiro atoms. The van der Waals surface area contributed by atoms with Crippen LogP contribution in [-0.2, 0) is 64.0 Å². The number of pyridine rings is 2.